The zero-order valence-electron chi connectivity index (χ0n) is 18.8. The molecular weight excluding hydrogens is 396 g/mol. The van der Waals surface area contributed by atoms with Gasteiger partial charge in [0.15, 0.2) is 17.3 Å². The highest BCUT2D eigenvalue weighted by molar-refractivity contribution is 6.02. The Hall–Kier alpha value is -3.02. The Morgan fingerprint density at radius 2 is 1.74 bits per heavy atom. The highest BCUT2D eigenvalue weighted by Gasteiger charge is 2.39. The van der Waals surface area contributed by atoms with Crippen LogP contribution in [0.2, 0.25) is 0 Å². The minimum Gasteiger partial charge on any atom is -0.493 e. The molecular formula is C25H30O6. The second-order valence-electron chi connectivity index (χ2n) is 8.35. The molecule has 31 heavy (non-hydrogen) atoms. The number of ether oxygens (including phenoxy) is 3. The van der Waals surface area contributed by atoms with Gasteiger partial charge in [0.05, 0.1) is 19.6 Å². The van der Waals surface area contributed by atoms with E-state index in [1.165, 1.54) is 7.11 Å². The lowest BCUT2D eigenvalue weighted by Gasteiger charge is -2.32. The summed E-state index contributed by atoms with van der Waals surface area (Å²) in [7, 11) is 3.08. The number of Topliss-reactive ketones (excluding diaryl/α,β-unsaturated/α-hetero) is 1. The fourth-order valence-electron chi connectivity index (χ4n) is 4.08. The zero-order chi connectivity index (χ0) is 22.8. The summed E-state index contributed by atoms with van der Waals surface area (Å²) in [5, 5.41) is 9.81. The molecule has 6 heteroatoms. The van der Waals surface area contributed by atoms with Gasteiger partial charge in [-0.2, -0.15) is 0 Å². The molecule has 6 nitrogen and oxygen atoms in total. The van der Waals surface area contributed by atoms with E-state index in [1.807, 2.05) is 31.2 Å². The predicted octanol–water partition coefficient (Wildman–Crippen LogP) is 5.16. The van der Waals surface area contributed by atoms with E-state index in [9.17, 15) is 14.7 Å². The average molecular weight is 427 g/mol. The first-order valence-electron chi connectivity index (χ1n) is 10.6. The summed E-state index contributed by atoms with van der Waals surface area (Å²) in [6.45, 7) is 5.33. The van der Waals surface area contributed by atoms with Crippen LogP contribution in [-0.4, -0.2) is 37.2 Å². The van der Waals surface area contributed by atoms with Crippen molar-refractivity contribution >= 4 is 11.8 Å². The summed E-state index contributed by atoms with van der Waals surface area (Å²) in [6, 6.07) is 9.36. The minimum atomic E-state index is -1.12. The molecule has 0 radical (unpaired) electrons. The van der Waals surface area contributed by atoms with Crippen molar-refractivity contribution in [1.82, 2.24) is 0 Å². The molecule has 0 saturated heterocycles. The highest BCUT2D eigenvalue weighted by atomic mass is 16.5. The smallest absolute Gasteiger partial charge is 0.312 e. The number of benzene rings is 2. The topological polar surface area (TPSA) is 82.1 Å². The van der Waals surface area contributed by atoms with Gasteiger partial charge in [0.25, 0.3) is 0 Å². The molecule has 1 N–H and O–H groups in total. The third-order valence-corrected chi connectivity index (χ3v) is 6.04. The Labute approximate surface area is 183 Å². The Morgan fingerprint density at radius 1 is 1.03 bits per heavy atom. The van der Waals surface area contributed by atoms with E-state index >= 15 is 0 Å². The van der Waals surface area contributed by atoms with Crippen molar-refractivity contribution in [3.05, 3.63) is 41.5 Å². The molecule has 0 saturated carbocycles. The van der Waals surface area contributed by atoms with Gasteiger partial charge in [-0.3, -0.25) is 9.59 Å². The molecule has 1 aliphatic carbocycles. The van der Waals surface area contributed by atoms with Crippen LogP contribution >= 0.6 is 0 Å². The number of ketones is 1. The molecule has 0 bridgehead atoms. The van der Waals surface area contributed by atoms with Gasteiger partial charge in [-0.1, -0.05) is 31.5 Å². The summed E-state index contributed by atoms with van der Waals surface area (Å²) in [4.78, 5) is 24.3. The number of carbonyl (C=O) groups excluding carboxylic acids is 1. The molecule has 1 unspecified atom stereocenters. The van der Waals surface area contributed by atoms with Crippen LogP contribution in [-0.2, 0) is 11.2 Å². The lowest BCUT2D eigenvalue weighted by Crippen LogP contribution is -2.41. The molecule has 0 spiro atoms. The standard InChI is InChI=1S/C25H30O6/c1-6-8-21(25(2,3)24(27)28)31-22-18(12-14-20(29-4)23(22)30-5)15-9-7-10-17-16(15)11-13-19(17)26/h7,9-10,12,14,21H,6,8,11,13H2,1-5H3,(H,27,28). The van der Waals surface area contributed by atoms with Gasteiger partial charge in [-0.05, 0) is 49.9 Å². The number of hydrogen-bond donors (Lipinski definition) is 1. The van der Waals surface area contributed by atoms with E-state index in [-0.39, 0.29) is 5.78 Å². The fraction of sp³-hybridized carbons (Fsp3) is 0.440. The first kappa shape index (κ1) is 22.7. The van der Waals surface area contributed by atoms with Gasteiger partial charge >= 0.3 is 5.97 Å². The van der Waals surface area contributed by atoms with Crippen LogP contribution in [0, 0.1) is 5.41 Å². The zero-order valence-corrected chi connectivity index (χ0v) is 18.8. The molecule has 1 atom stereocenters. The van der Waals surface area contributed by atoms with Crippen LogP contribution < -0.4 is 14.2 Å². The Kier molecular flexibility index (Phi) is 6.58. The number of hydrogen-bond acceptors (Lipinski definition) is 5. The summed E-state index contributed by atoms with van der Waals surface area (Å²) in [5.41, 5.74) is 2.24. The minimum absolute atomic E-state index is 0.135. The maximum atomic E-state index is 12.3. The number of carboxylic acid groups (broad SMARTS) is 1. The van der Waals surface area contributed by atoms with Gasteiger partial charge in [0, 0.05) is 17.5 Å². The average Bonchev–Trinajstić information content (AvgIpc) is 3.13. The highest BCUT2D eigenvalue weighted by Crippen LogP contribution is 2.48. The van der Waals surface area contributed by atoms with Crippen LogP contribution in [0.4, 0.5) is 0 Å². The second kappa shape index (κ2) is 9.00. The van der Waals surface area contributed by atoms with Crippen LogP contribution in [0.3, 0.4) is 0 Å². The van der Waals surface area contributed by atoms with Crippen LogP contribution in [0.25, 0.3) is 11.1 Å². The summed E-state index contributed by atoms with van der Waals surface area (Å²) in [6.07, 6.45) is 1.88. The molecule has 0 amide bonds. The van der Waals surface area contributed by atoms with Crippen molar-refractivity contribution in [2.24, 2.45) is 5.41 Å². The van der Waals surface area contributed by atoms with E-state index in [0.717, 1.165) is 28.7 Å². The Morgan fingerprint density at radius 3 is 2.35 bits per heavy atom. The largest absolute Gasteiger partial charge is 0.493 e. The normalized spacial score (nSPS) is 14.2. The third-order valence-electron chi connectivity index (χ3n) is 6.04. The van der Waals surface area contributed by atoms with Gasteiger partial charge in [-0.25, -0.2) is 0 Å². The van der Waals surface area contributed by atoms with Crippen LogP contribution in [0.15, 0.2) is 30.3 Å². The molecule has 3 rings (SSSR count). The molecule has 0 fully saturated rings. The third kappa shape index (κ3) is 4.11. The maximum absolute atomic E-state index is 12.3. The van der Waals surface area contributed by atoms with Crippen molar-refractivity contribution in [2.75, 3.05) is 14.2 Å². The van der Waals surface area contributed by atoms with Gasteiger partial charge in [0.2, 0.25) is 5.75 Å². The van der Waals surface area contributed by atoms with E-state index in [4.69, 9.17) is 14.2 Å². The SMILES string of the molecule is CCCC(Oc1c(-c2cccc3c2CCC3=O)ccc(OC)c1OC)C(C)(C)C(=O)O. The van der Waals surface area contributed by atoms with Gasteiger partial charge in [0.1, 0.15) is 6.10 Å². The van der Waals surface area contributed by atoms with Gasteiger partial charge < -0.3 is 19.3 Å². The summed E-state index contributed by atoms with van der Waals surface area (Å²) >= 11 is 0. The van der Waals surface area contributed by atoms with Crippen LogP contribution in [0.5, 0.6) is 17.2 Å². The second-order valence-corrected chi connectivity index (χ2v) is 8.35. The lowest BCUT2D eigenvalue weighted by molar-refractivity contribution is -0.152. The van der Waals surface area contributed by atoms with E-state index in [1.54, 1.807) is 27.0 Å². The van der Waals surface area contributed by atoms with E-state index < -0.39 is 17.5 Å². The number of carbonyl (C=O) groups is 2. The number of methoxy groups -OCH3 is 2. The van der Waals surface area contributed by atoms with Crippen molar-refractivity contribution in [3.63, 3.8) is 0 Å². The van der Waals surface area contributed by atoms with Crippen molar-refractivity contribution in [3.8, 4) is 28.4 Å². The molecule has 2 aromatic rings. The van der Waals surface area contributed by atoms with Crippen molar-refractivity contribution < 1.29 is 28.9 Å². The monoisotopic (exact) mass is 426 g/mol. The van der Waals surface area contributed by atoms with E-state index in [0.29, 0.717) is 36.5 Å². The first-order valence-corrected chi connectivity index (χ1v) is 10.6. The molecule has 0 aliphatic heterocycles. The molecule has 1 aliphatic rings. The summed E-state index contributed by atoms with van der Waals surface area (Å²) in [5.74, 6) is 0.538. The van der Waals surface area contributed by atoms with Gasteiger partial charge in [-0.15, -0.1) is 0 Å². The number of aliphatic carboxylic acids is 1. The predicted molar refractivity (Wildman–Crippen MR) is 118 cm³/mol. The molecule has 0 heterocycles. The fourth-order valence-corrected chi connectivity index (χ4v) is 4.08. The van der Waals surface area contributed by atoms with Crippen molar-refractivity contribution in [1.29, 1.82) is 0 Å². The number of rotatable bonds is 9. The first-order chi connectivity index (χ1) is 14.8. The van der Waals surface area contributed by atoms with E-state index in [2.05, 4.69) is 0 Å². The van der Waals surface area contributed by atoms with Crippen molar-refractivity contribution in [2.45, 2.75) is 52.6 Å². The Balaban J connectivity index is 2.21. The molecule has 0 aromatic heterocycles. The molecule has 2 aromatic carbocycles. The number of fused-ring (bicyclic) bond motifs is 1. The van der Waals surface area contributed by atoms with Crippen LogP contribution in [0.1, 0.15) is 56.0 Å². The maximum Gasteiger partial charge on any atom is 0.312 e. The quantitative estimate of drug-likeness (QED) is 0.597. The number of carboxylic acids is 1. The lowest BCUT2D eigenvalue weighted by atomic mass is 9.84. The Bertz CT molecular complexity index is 992. The summed E-state index contributed by atoms with van der Waals surface area (Å²) < 4.78 is 17.6. The molecule has 166 valence electrons.